The standard InChI is InChI=1S/C17H15ClFNO4S/c18-14-6-11(7-15-17(14)24-5-4-23-15)9-25(22)10-16(21)20-13-3-1-2-12(19)8-13/h1-3,6-8H,4-5,9-10H2,(H,20,21). The molecule has 132 valence electrons. The summed E-state index contributed by atoms with van der Waals surface area (Å²) in [6, 6.07) is 8.88. The molecule has 1 aliphatic heterocycles. The second-order valence-electron chi connectivity index (χ2n) is 5.39. The maximum atomic E-state index is 13.1. The van der Waals surface area contributed by atoms with E-state index in [4.69, 9.17) is 21.1 Å². The van der Waals surface area contributed by atoms with Crippen LogP contribution < -0.4 is 14.8 Å². The summed E-state index contributed by atoms with van der Waals surface area (Å²) in [4.78, 5) is 11.9. The van der Waals surface area contributed by atoms with Crippen molar-refractivity contribution in [2.24, 2.45) is 0 Å². The predicted molar refractivity (Wildman–Crippen MR) is 94.2 cm³/mol. The zero-order valence-corrected chi connectivity index (χ0v) is 14.7. The quantitative estimate of drug-likeness (QED) is 0.861. The van der Waals surface area contributed by atoms with Gasteiger partial charge in [-0.3, -0.25) is 9.00 Å². The summed E-state index contributed by atoms with van der Waals surface area (Å²) in [5.41, 5.74) is 1.01. The van der Waals surface area contributed by atoms with Crippen LogP contribution >= 0.6 is 11.6 Å². The molecule has 0 saturated heterocycles. The normalized spacial score (nSPS) is 14.0. The largest absolute Gasteiger partial charge is 0.486 e. The third kappa shape index (κ3) is 4.70. The van der Waals surface area contributed by atoms with Gasteiger partial charge in [-0.2, -0.15) is 0 Å². The summed E-state index contributed by atoms with van der Waals surface area (Å²) in [6.07, 6.45) is 0. The number of hydrogen-bond acceptors (Lipinski definition) is 4. The van der Waals surface area contributed by atoms with Gasteiger partial charge in [0.05, 0.1) is 5.02 Å². The Labute approximate surface area is 151 Å². The molecule has 1 unspecified atom stereocenters. The molecular weight excluding hydrogens is 369 g/mol. The van der Waals surface area contributed by atoms with Gasteiger partial charge in [0.15, 0.2) is 11.5 Å². The minimum absolute atomic E-state index is 0.146. The Balaban J connectivity index is 1.60. The lowest BCUT2D eigenvalue weighted by atomic mass is 10.2. The molecule has 2 aromatic rings. The van der Waals surface area contributed by atoms with Crippen molar-refractivity contribution in [1.29, 1.82) is 0 Å². The van der Waals surface area contributed by atoms with E-state index in [1.54, 1.807) is 18.2 Å². The lowest BCUT2D eigenvalue weighted by Gasteiger charge is -2.20. The first-order chi connectivity index (χ1) is 12.0. The molecule has 25 heavy (non-hydrogen) atoms. The van der Waals surface area contributed by atoms with Gasteiger partial charge < -0.3 is 14.8 Å². The fraction of sp³-hybridized carbons (Fsp3) is 0.235. The summed E-state index contributed by atoms with van der Waals surface area (Å²) in [7, 11) is -1.45. The summed E-state index contributed by atoms with van der Waals surface area (Å²) in [6.45, 7) is 0.851. The number of nitrogens with one attached hydrogen (secondary N) is 1. The van der Waals surface area contributed by atoms with Crippen LogP contribution in [0.4, 0.5) is 10.1 Å². The molecule has 0 aliphatic carbocycles. The monoisotopic (exact) mass is 383 g/mol. The molecule has 2 aromatic carbocycles. The van der Waals surface area contributed by atoms with Crippen molar-refractivity contribution in [2.75, 3.05) is 24.3 Å². The molecule has 1 heterocycles. The molecule has 1 N–H and O–H groups in total. The van der Waals surface area contributed by atoms with Crippen LogP contribution in [0.15, 0.2) is 36.4 Å². The molecule has 3 rings (SSSR count). The molecule has 8 heteroatoms. The van der Waals surface area contributed by atoms with Crippen molar-refractivity contribution in [3.63, 3.8) is 0 Å². The van der Waals surface area contributed by atoms with Gasteiger partial charge in [0.2, 0.25) is 5.91 Å². The van der Waals surface area contributed by atoms with Crippen LogP contribution in [0.25, 0.3) is 0 Å². The molecule has 0 bridgehead atoms. The predicted octanol–water partition coefficient (Wildman–Crippen LogP) is 3.14. The Morgan fingerprint density at radius 3 is 2.84 bits per heavy atom. The lowest BCUT2D eigenvalue weighted by Crippen LogP contribution is -2.20. The molecule has 1 aliphatic rings. The van der Waals surface area contributed by atoms with Crippen molar-refractivity contribution in [3.05, 3.63) is 52.8 Å². The highest BCUT2D eigenvalue weighted by atomic mass is 35.5. The van der Waals surface area contributed by atoms with Gasteiger partial charge in [0.1, 0.15) is 24.8 Å². The van der Waals surface area contributed by atoms with Crippen molar-refractivity contribution in [2.45, 2.75) is 5.75 Å². The summed E-state index contributed by atoms with van der Waals surface area (Å²) < 4.78 is 36.2. The molecule has 0 spiro atoms. The summed E-state index contributed by atoms with van der Waals surface area (Å²) >= 11 is 6.14. The number of benzene rings is 2. The third-order valence-corrected chi connectivity index (χ3v) is 4.90. The molecule has 0 fully saturated rings. The molecule has 0 aromatic heterocycles. The van der Waals surface area contributed by atoms with E-state index in [-0.39, 0.29) is 11.5 Å². The maximum absolute atomic E-state index is 13.1. The molecule has 1 amide bonds. The van der Waals surface area contributed by atoms with Crippen LogP contribution in [0.1, 0.15) is 5.56 Å². The molecule has 5 nitrogen and oxygen atoms in total. The van der Waals surface area contributed by atoms with E-state index >= 15 is 0 Å². The maximum Gasteiger partial charge on any atom is 0.237 e. The van der Waals surface area contributed by atoms with Crippen molar-refractivity contribution < 1.29 is 22.9 Å². The van der Waals surface area contributed by atoms with Gasteiger partial charge in [-0.05, 0) is 35.9 Å². The lowest BCUT2D eigenvalue weighted by molar-refractivity contribution is -0.113. The average molecular weight is 384 g/mol. The van der Waals surface area contributed by atoms with Crippen LogP contribution in [0, 0.1) is 5.82 Å². The Hall–Kier alpha value is -2.12. The van der Waals surface area contributed by atoms with E-state index in [1.165, 1.54) is 18.2 Å². The fourth-order valence-corrected chi connectivity index (χ4v) is 3.69. The smallest absolute Gasteiger partial charge is 0.237 e. The van der Waals surface area contributed by atoms with E-state index < -0.39 is 22.5 Å². The van der Waals surface area contributed by atoms with E-state index in [1.807, 2.05) is 0 Å². The SMILES string of the molecule is O=C(CS(=O)Cc1cc(Cl)c2c(c1)OCCO2)Nc1cccc(F)c1. The van der Waals surface area contributed by atoms with Crippen molar-refractivity contribution >= 4 is 34.0 Å². The Bertz CT molecular complexity index is 830. The van der Waals surface area contributed by atoms with E-state index in [0.29, 0.717) is 41.0 Å². The number of fused-ring (bicyclic) bond motifs is 1. The number of ether oxygens (including phenoxy) is 2. The van der Waals surface area contributed by atoms with Gasteiger partial charge in [0.25, 0.3) is 0 Å². The second kappa shape index (κ2) is 7.84. The van der Waals surface area contributed by atoms with Gasteiger partial charge in [0, 0.05) is 22.2 Å². The number of halogens is 2. The summed E-state index contributed by atoms with van der Waals surface area (Å²) in [5.74, 6) is 0.0221. The Kier molecular flexibility index (Phi) is 5.55. The van der Waals surface area contributed by atoms with Crippen LogP contribution in [-0.2, 0) is 21.3 Å². The van der Waals surface area contributed by atoms with Crippen LogP contribution in [0.5, 0.6) is 11.5 Å². The first-order valence-corrected chi connectivity index (χ1v) is 9.36. The summed E-state index contributed by atoms with van der Waals surface area (Å²) in [5, 5.41) is 2.90. The Morgan fingerprint density at radius 1 is 1.24 bits per heavy atom. The number of rotatable bonds is 5. The van der Waals surface area contributed by atoms with E-state index in [2.05, 4.69) is 5.32 Å². The van der Waals surface area contributed by atoms with Gasteiger partial charge in [-0.25, -0.2) is 4.39 Å². The molecule has 0 radical (unpaired) electrons. The average Bonchev–Trinajstić information content (AvgIpc) is 2.54. The minimum atomic E-state index is -1.45. The van der Waals surface area contributed by atoms with Crippen molar-refractivity contribution in [1.82, 2.24) is 0 Å². The second-order valence-corrected chi connectivity index (χ2v) is 7.25. The highest BCUT2D eigenvalue weighted by Crippen LogP contribution is 2.38. The van der Waals surface area contributed by atoms with Crippen LogP contribution in [0.2, 0.25) is 5.02 Å². The van der Waals surface area contributed by atoms with E-state index in [9.17, 15) is 13.4 Å². The first kappa shape index (κ1) is 17.7. The van der Waals surface area contributed by atoms with Crippen LogP contribution in [-0.4, -0.2) is 29.1 Å². The molecule has 0 saturated carbocycles. The highest BCUT2D eigenvalue weighted by Gasteiger charge is 2.18. The third-order valence-electron chi connectivity index (χ3n) is 3.38. The van der Waals surface area contributed by atoms with Gasteiger partial charge >= 0.3 is 0 Å². The number of carbonyl (C=O) groups excluding carboxylic acids is 1. The minimum Gasteiger partial charge on any atom is -0.486 e. The highest BCUT2D eigenvalue weighted by molar-refractivity contribution is 7.84. The fourth-order valence-electron chi connectivity index (χ4n) is 2.39. The molecule has 1 atom stereocenters. The Morgan fingerprint density at radius 2 is 2.04 bits per heavy atom. The van der Waals surface area contributed by atoms with Gasteiger partial charge in [-0.1, -0.05) is 17.7 Å². The van der Waals surface area contributed by atoms with Gasteiger partial charge in [-0.15, -0.1) is 0 Å². The number of anilines is 1. The number of carbonyl (C=O) groups is 1. The number of hydrogen-bond donors (Lipinski definition) is 1. The topological polar surface area (TPSA) is 64.6 Å². The zero-order chi connectivity index (χ0) is 17.8. The van der Waals surface area contributed by atoms with Crippen LogP contribution in [0.3, 0.4) is 0 Å². The zero-order valence-electron chi connectivity index (χ0n) is 13.1. The number of amides is 1. The first-order valence-electron chi connectivity index (χ1n) is 7.49. The molecular formula is C17H15ClFNO4S. The van der Waals surface area contributed by atoms with Crippen molar-refractivity contribution in [3.8, 4) is 11.5 Å². The van der Waals surface area contributed by atoms with E-state index in [0.717, 1.165) is 0 Å².